The van der Waals surface area contributed by atoms with E-state index in [1.807, 2.05) is 0 Å². The van der Waals surface area contributed by atoms with Crippen LogP contribution >= 0.6 is 0 Å². The molecule has 0 aliphatic rings. The topological polar surface area (TPSA) is 101 Å². The van der Waals surface area contributed by atoms with Gasteiger partial charge in [-0.15, -0.1) is 0 Å². The number of benzene rings is 1. The standard InChI is InChI=1S/C9H13N3O3/c1-6(13)5-11-8-4-2-3-7(10)9(8)12(14)15/h2-4,6,11,13H,5,10H2,1H3. The minimum absolute atomic E-state index is 0.107. The third kappa shape index (κ3) is 2.81. The normalized spacial score (nSPS) is 12.1. The third-order valence-electron chi connectivity index (χ3n) is 1.84. The van der Waals surface area contributed by atoms with Crippen LogP contribution in [0.2, 0.25) is 0 Å². The Morgan fingerprint density at radius 1 is 1.67 bits per heavy atom. The number of rotatable bonds is 4. The average molecular weight is 211 g/mol. The number of nitrogen functional groups attached to an aromatic ring is 1. The van der Waals surface area contributed by atoms with Gasteiger partial charge < -0.3 is 16.2 Å². The number of hydrogen-bond acceptors (Lipinski definition) is 5. The fourth-order valence-electron chi connectivity index (χ4n) is 1.17. The highest BCUT2D eigenvalue weighted by Gasteiger charge is 2.17. The van der Waals surface area contributed by atoms with Gasteiger partial charge in [-0.05, 0) is 19.1 Å². The predicted octanol–water partition coefficient (Wildman–Crippen LogP) is 0.970. The van der Waals surface area contributed by atoms with Crippen molar-refractivity contribution in [2.45, 2.75) is 13.0 Å². The summed E-state index contributed by atoms with van der Waals surface area (Å²) in [7, 11) is 0. The Morgan fingerprint density at radius 2 is 2.33 bits per heavy atom. The van der Waals surface area contributed by atoms with Gasteiger partial charge >= 0.3 is 5.69 Å². The largest absolute Gasteiger partial charge is 0.393 e. The molecule has 1 unspecified atom stereocenters. The van der Waals surface area contributed by atoms with Crippen molar-refractivity contribution >= 4 is 17.1 Å². The van der Waals surface area contributed by atoms with Gasteiger partial charge in [0.05, 0.1) is 11.0 Å². The van der Waals surface area contributed by atoms with Gasteiger partial charge in [-0.3, -0.25) is 10.1 Å². The first kappa shape index (κ1) is 11.3. The molecule has 6 nitrogen and oxygen atoms in total. The molecule has 0 saturated carbocycles. The van der Waals surface area contributed by atoms with E-state index in [2.05, 4.69) is 5.32 Å². The van der Waals surface area contributed by atoms with E-state index in [-0.39, 0.29) is 17.9 Å². The minimum Gasteiger partial charge on any atom is -0.393 e. The van der Waals surface area contributed by atoms with Gasteiger partial charge in [0, 0.05) is 6.54 Å². The molecule has 1 rings (SSSR count). The first-order valence-corrected chi connectivity index (χ1v) is 4.47. The van der Waals surface area contributed by atoms with E-state index in [4.69, 9.17) is 10.8 Å². The molecule has 0 aliphatic carbocycles. The van der Waals surface area contributed by atoms with E-state index < -0.39 is 11.0 Å². The molecule has 15 heavy (non-hydrogen) atoms. The maximum atomic E-state index is 10.7. The number of nitro groups is 1. The molecule has 0 aromatic heterocycles. The lowest BCUT2D eigenvalue weighted by Crippen LogP contribution is -2.16. The highest BCUT2D eigenvalue weighted by Crippen LogP contribution is 2.30. The zero-order chi connectivity index (χ0) is 11.4. The zero-order valence-corrected chi connectivity index (χ0v) is 8.30. The van der Waals surface area contributed by atoms with Gasteiger partial charge in [0.1, 0.15) is 11.4 Å². The number of nitrogens with two attached hydrogens (primary N) is 1. The SMILES string of the molecule is CC(O)CNc1cccc(N)c1[N+](=O)[O-]. The molecule has 1 aromatic carbocycles. The van der Waals surface area contributed by atoms with Crippen molar-refractivity contribution < 1.29 is 10.0 Å². The molecule has 0 amide bonds. The Bertz CT molecular complexity index is 366. The van der Waals surface area contributed by atoms with Gasteiger partial charge in [-0.2, -0.15) is 0 Å². The summed E-state index contributed by atoms with van der Waals surface area (Å²) < 4.78 is 0. The van der Waals surface area contributed by atoms with Gasteiger partial charge in [0.15, 0.2) is 0 Å². The van der Waals surface area contributed by atoms with Crippen LogP contribution in [0.15, 0.2) is 18.2 Å². The summed E-state index contributed by atoms with van der Waals surface area (Å²) in [5.41, 5.74) is 5.76. The van der Waals surface area contributed by atoms with Crippen molar-refractivity contribution in [2.24, 2.45) is 0 Å². The van der Waals surface area contributed by atoms with Crippen LogP contribution in [0.1, 0.15) is 6.92 Å². The monoisotopic (exact) mass is 211 g/mol. The van der Waals surface area contributed by atoms with Crippen LogP contribution in [-0.2, 0) is 0 Å². The van der Waals surface area contributed by atoms with Crippen molar-refractivity contribution in [1.82, 2.24) is 0 Å². The highest BCUT2D eigenvalue weighted by molar-refractivity contribution is 5.74. The summed E-state index contributed by atoms with van der Waals surface area (Å²) in [4.78, 5) is 10.2. The molecule has 0 heterocycles. The maximum absolute atomic E-state index is 10.7. The summed E-state index contributed by atoms with van der Waals surface area (Å²) in [6, 6.07) is 4.63. The van der Waals surface area contributed by atoms with Crippen LogP contribution in [0.25, 0.3) is 0 Å². The van der Waals surface area contributed by atoms with Crippen molar-refractivity contribution in [3.8, 4) is 0 Å². The molecule has 1 aromatic rings. The lowest BCUT2D eigenvalue weighted by Gasteiger charge is -2.09. The lowest BCUT2D eigenvalue weighted by molar-refractivity contribution is -0.383. The Labute approximate surface area is 86.9 Å². The number of hydrogen-bond donors (Lipinski definition) is 3. The summed E-state index contributed by atoms with van der Waals surface area (Å²) in [6.07, 6.45) is -0.578. The first-order valence-electron chi connectivity index (χ1n) is 4.47. The van der Waals surface area contributed by atoms with Crippen molar-refractivity contribution in [3.63, 3.8) is 0 Å². The van der Waals surface area contributed by atoms with E-state index in [1.54, 1.807) is 19.1 Å². The summed E-state index contributed by atoms with van der Waals surface area (Å²) in [6.45, 7) is 1.83. The molecule has 6 heteroatoms. The number of nitro benzene ring substituents is 1. The fraction of sp³-hybridized carbons (Fsp3) is 0.333. The Morgan fingerprint density at radius 3 is 2.87 bits per heavy atom. The molecule has 0 radical (unpaired) electrons. The number of nitrogens with zero attached hydrogens (tertiary/aromatic N) is 1. The Kier molecular flexibility index (Phi) is 3.46. The smallest absolute Gasteiger partial charge is 0.314 e. The molecule has 82 valence electrons. The lowest BCUT2D eigenvalue weighted by atomic mass is 10.2. The zero-order valence-electron chi connectivity index (χ0n) is 8.30. The van der Waals surface area contributed by atoms with E-state index in [0.29, 0.717) is 5.69 Å². The molecule has 0 aliphatic heterocycles. The van der Waals surface area contributed by atoms with Crippen molar-refractivity contribution in [1.29, 1.82) is 0 Å². The van der Waals surface area contributed by atoms with Gasteiger partial charge in [-0.1, -0.05) is 6.07 Å². The predicted molar refractivity (Wildman–Crippen MR) is 57.7 cm³/mol. The quantitative estimate of drug-likeness (QED) is 0.391. The third-order valence-corrected chi connectivity index (χ3v) is 1.84. The van der Waals surface area contributed by atoms with Crippen LogP contribution in [0.5, 0.6) is 0 Å². The van der Waals surface area contributed by atoms with Crippen molar-refractivity contribution in [3.05, 3.63) is 28.3 Å². The second-order valence-electron chi connectivity index (χ2n) is 3.23. The van der Waals surface area contributed by atoms with Crippen LogP contribution in [0.4, 0.5) is 17.1 Å². The van der Waals surface area contributed by atoms with E-state index in [0.717, 1.165) is 0 Å². The number of aliphatic hydroxyl groups is 1. The number of anilines is 2. The fourth-order valence-corrected chi connectivity index (χ4v) is 1.17. The van der Waals surface area contributed by atoms with Crippen molar-refractivity contribution in [2.75, 3.05) is 17.6 Å². The van der Waals surface area contributed by atoms with Crippen LogP contribution in [0.3, 0.4) is 0 Å². The van der Waals surface area contributed by atoms with Gasteiger partial charge in [0.2, 0.25) is 0 Å². The molecule has 4 N–H and O–H groups in total. The van der Waals surface area contributed by atoms with E-state index in [1.165, 1.54) is 6.07 Å². The Hall–Kier alpha value is -1.82. The van der Waals surface area contributed by atoms with E-state index >= 15 is 0 Å². The summed E-state index contributed by atoms with van der Waals surface area (Å²) in [5.74, 6) is 0. The highest BCUT2D eigenvalue weighted by atomic mass is 16.6. The molecule has 0 saturated heterocycles. The first-order chi connectivity index (χ1) is 7.02. The summed E-state index contributed by atoms with van der Waals surface area (Å²) >= 11 is 0. The van der Waals surface area contributed by atoms with Crippen LogP contribution in [-0.4, -0.2) is 22.7 Å². The number of nitrogens with one attached hydrogen (secondary N) is 1. The van der Waals surface area contributed by atoms with Crippen LogP contribution < -0.4 is 11.1 Å². The molecule has 0 spiro atoms. The van der Waals surface area contributed by atoms with Gasteiger partial charge in [0.25, 0.3) is 0 Å². The second kappa shape index (κ2) is 4.61. The minimum atomic E-state index is -0.578. The number of aliphatic hydroxyl groups excluding tert-OH is 1. The molecular formula is C9H13N3O3. The molecular weight excluding hydrogens is 198 g/mol. The summed E-state index contributed by atoms with van der Waals surface area (Å²) in [5, 5.41) is 22.5. The Balaban J connectivity index is 2.96. The molecule has 1 atom stereocenters. The maximum Gasteiger partial charge on any atom is 0.314 e. The molecule has 0 fully saturated rings. The van der Waals surface area contributed by atoms with E-state index in [9.17, 15) is 10.1 Å². The molecule has 0 bridgehead atoms. The average Bonchev–Trinajstić information content (AvgIpc) is 2.13. The van der Waals surface area contributed by atoms with Gasteiger partial charge in [-0.25, -0.2) is 0 Å². The second-order valence-corrected chi connectivity index (χ2v) is 3.23. The van der Waals surface area contributed by atoms with Crippen LogP contribution in [0, 0.1) is 10.1 Å². The number of para-hydroxylation sites is 1.